The standard InChI is InChI=1S/C11H15ClS/c1-3-9(2)13-11-6-4-10(8-12)5-7-11/h4-7,9H,3,8H2,1-2H3. The number of halogens is 1. The van der Waals surface area contributed by atoms with Crippen molar-refractivity contribution in [1.82, 2.24) is 0 Å². The van der Waals surface area contributed by atoms with Crippen LogP contribution in [0.2, 0.25) is 0 Å². The van der Waals surface area contributed by atoms with Gasteiger partial charge in [0, 0.05) is 16.0 Å². The molecule has 1 aromatic carbocycles. The molecule has 72 valence electrons. The Morgan fingerprint density at radius 2 is 1.92 bits per heavy atom. The summed E-state index contributed by atoms with van der Waals surface area (Å²) in [6, 6.07) is 8.48. The lowest BCUT2D eigenvalue weighted by Gasteiger charge is -2.07. The molecule has 0 N–H and O–H groups in total. The van der Waals surface area contributed by atoms with Crippen LogP contribution < -0.4 is 0 Å². The maximum Gasteiger partial charge on any atom is 0.0474 e. The van der Waals surface area contributed by atoms with Crippen molar-refractivity contribution in [2.24, 2.45) is 0 Å². The smallest absolute Gasteiger partial charge is 0.0474 e. The molecular weight excluding hydrogens is 200 g/mol. The molecule has 0 spiro atoms. The van der Waals surface area contributed by atoms with Crippen molar-refractivity contribution in [1.29, 1.82) is 0 Å². The zero-order valence-corrected chi connectivity index (χ0v) is 9.66. The van der Waals surface area contributed by atoms with E-state index in [0.717, 1.165) is 0 Å². The highest BCUT2D eigenvalue weighted by molar-refractivity contribution is 7.99. The maximum absolute atomic E-state index is 5.71. The zero-order chi connectivity index (χ0) is 9.68. The third kappa shape index (κ3) is 3.61. The van der Waals surface area contributed by atoms with Gasteiger partial charge < -0.3 is 0 Å². The van der Waals surface area contributed by atoms with Crippen molar-refractivity contribution >= 4 is 23.4 Å². The van der Waals surface area contributed by atoms with Gasteiger partial charge in [-0.25, -0.2) is 0 Å². The first-order valence-electron chi connectivity index (χ1n) is 4.57. The summed E-state index contributed by atoms with van der Waals surface area (Å²) in [4.78, 5) is 1.34. The van der Waals surface area contributed by atoms with Gasteiger partial charge in [-0.3, -0.25) is 0 Å². The molecule has 13 heavy (non-hydrogen) atoms. The summed E-state index contributed by atoms with van der Waals surface area (Å²) < 4.78 is 0. The molecule has 0 bridgehead atoms. The Balaban J connectivity index is 2.58. The largest absolute Gasteiger partial charge is 0.123 e. The van der Waals surface area contributed by atoms with Crippen LogP contribution in [-0.2, 0) is 5.88 Å². The Bertz CT molecular complexity index is 243. The summed E-state index contributed by atoms with van der Waals surface area (Å²) >= 11 is 7.63. The molecule has 0 aliphatic heterocycles. The molecule has 0 saturated heterocycles. The Labute approximate surface area is 89.7 Å². The van der Waals surface area contributed by atoms with E-state index in [1.165, 1.54) is 16.9 Å². The van der Waals surface area contributed by atoms with Crippen molar-refractivity contribution in [3.63, 3.8) is 0 Å². The van der Waals surface area contributed by atoms with Crippen LogP contribution in [0, 0.1) is 0 Å². The number of hydrogen-bond acceptors (Lipinski definition) is 1. The predicted octanol–water partition coefficient (Wildman–Crippen LogP) is 4.32. The molecule has 2 heteroatoms. The summed E-state index contributed by atoms with van der Waals surface area (Å²) in [6.07, 6.45) is 1.21. The Kier molecular flexibility index (Phi) is 4.68. The van der Waals surface area contributed by atoms with E-state index >= 15 is 0 Å². The number of alkyl halides is 1. The molecule has 0 aromatic heterocycles. The molecule has 1 atom stereocenters. The van der Waals surface area contributed by atoms with Gasteiger partial charge in [0.05, 0.1) is 0 Å². The average Bonchev–Trinajstić information content (AvgIpc) is 2.19. The predicted molar refractivity (Wildman–Crippen MR) is 61.6 cm³/mol. The van der Waals surface area contributed by atoms with Gasteiger partial charge in [0.15, 0.2) is 0 Å². The summed E-state index contributed by atoms with van der Waals surface area (Å²) in [6.45, 7) is 4.46. The lowest BCUT2D eigenvalue weighted by Crippen LogP contribution is -1.91. The number of rotatable bonds is 4. The molecular formula is C11H15ClS. The van der Waals surface area contributed by atoms with Crippen LogP contribution >= 0.6 is 23.4 Å². The van der Waals surface area contributed by atoms with Crippen LogP contribution in [-0.4, -0.2) is 5.25 Å². The van der Waals surface area contributed by atoms with Gasteiger partial charge in [-0.15, -0.1) is 23.4 Å². The first kappa shape index (κ1) is 10.9. The topological polar surface area (TPSA) is 0 Å². The van der Waals surface area contributed by atoms with Gasteiger partial charge in [0.1, 0.15) is 0 Å². The lowest BCUT2D eigenvalue weighted by molar-refractivity contribution is 0.905. The van der Waals surface area contributed by atoms with E-state index in [2.05, 4.69) is 38.1 Å². The molecule has 0 fully saturated rings. The highest BCUT2D eigenvalue weighted by Gasteiger charge is 2.00. The quantitative estimate of drug-likeness (QED) is 0.532. The molecule has 0 aliphatic rings. The fourth-order valence-electron chi connectivity index (χ4n) is 0.973. The maximum atomic E-state index is 5.71. The SMILES string of the molecule is CCC(C)Sc1ccc(CCl)cc1. The van der Waals surface area contributed by atoms with Gasteiger partial charge in [-0.2, -0.15) is 0 Å². The Hall–Kier alpha value is -0.140. The second kappa shape index (κ2) is 5.56. The molecule has 0 nitrogen and oxygen atoms in total. The third-order valence-corrected chi connectivity index (χ3v) is 3.58. The van der Waals surface area contributed by atoms with Crippen LogP contribution in [0.25, 0.3) is 0 Å². The van der Waals surface area contributed by atoms with Crippen LogP contribution in [0.4, 0.5) is 0 Å². The van der Waals surface area contributed by atoms with Crippen LogP contribution in [0.15, 0.2) is 29.2 Å². The highest BCUT2D eigenvalue weighted by Crippen LogP contribution is 2.25. The van der Waals surface area contributed by atoms with Crippen molar-refractivity contribution in [2.45, 2.75) is 36.3 Å². The summed E-state index contributed by atoms with van der Waals surface area (Å²) in [5, 5.41) is 0.696. The number of benzene rings is 1. The van der Waals surface area contributed by atoms with E-state index in [4.69, 9.17) is 11.6 Å². The molecule has 1 unspecified atom stereocenters. The first-order chi connectivity index (χ1) is 6.26. The van der Waals surface area contributed by atoms with E-state index < -0.39 is 0 Å². The monoisotopic (exact) mass is 214 g/mol. The summed E-state index contributed by atoms with van der Waals surface area (Å²) in [7, 11) is 0. The second-order valence-corrected chi connectivity index (χ2v) is 4.89. The van der Waals surface area contributed by atoms with Crippen LogP contribution in [0.3, 0.4) is 0 Å². The zero-order valence-electron chi connectivity index (χ0n) is 8.09. The minimum Gasteiger partial charge on any atom is -0.123 e. The second-order valence-electron chi connectivity index (χ2n) is 3.11. The van der Waals surface area contributed by atoms with E-state index in [1.54, 1.807) is 0 Å². The fourth-order valence-corrected chi connectivity index (χ4v) is 2.08. The van der Waals surface area contributed by atoms with Crippen LogP contribution in [0.1, 0.15) is 25.8 Å². The van der Waals surface area contributed by atoms with Crippen molar-refractivity contribution in [3.05, 3.63) is 29.8 Å². The minimum atomic E-state index is 0.605. The number of thioether (sulfide) groups is 1. The molecule has 0 aliphatic carbocycles. The van der Waals surface area contributed by atoms with Gasteiger partial charge in [-0.05, 0) is 24.1 Å². The van der Waals surface area contributed by atoms with Gasteiger partial charge >= 0.3 is 0 Å². The Morgan fingerprint density at radius 3 is 2.38 bits per heavy atom. The average molecular weight is 215 g/mol. The first-order valence-corrected chi connectivity index (χ1v) is 5.99. The van der Waals surface area contributed by atoms with E-state index in [-0.39, 0.29) is 0 Å². The molecule has 1 rings (SSSR count). The summed E-state index contributed by atoms with van der Waals surface area (Å²) in [5.41, 5.74) is 1.19. The van der Waals surface area contributed by atoms with E-state index in [0.29, 0.717) is 11.1 Å². The molecule has 1 aromatic rings. The van der Waals surface area contributed by atoms with Gasteiger partial charge in [-0.1, -0.05) is 26.0 Å². The molecule has 0 radical (unpaired) electrons. The van der Waals surface area contributed by atoms with Crippen molar-refractivity contribution in [3.8, 4) is 0 Å². The number of hydrogen-bond donors (Lipinski definition) is 0. The van der Waals surface area contributed by atoms with Gasteiger partial charge in [0.2, 0.25) is 0 Å². The highest BCUT2D eigenvalue weighted by atomic mass is 35.5. The fraction of sp³-hybridized carbons (Fsp3) is 0.455. The molecule has 0 saturated carbocycles. The summed E-state index contributed by atoms with van der Waals surface area (Å²) in [5.74, 6) is 0.605. The van der Waals surface area contributed by atoms with Gasteiger partial charge in [0.25, 0.3) is 0 Å². The van der Waals surface area contributed by atoms with Crippen molar-refractivity contribution < 1.29 is 0 Å². The van der Waals surface area contributed by atoms with Crippen molar-refractivity contribution in [2.75, 3.05) is 0 Å². The Morgan fingerprint density at radius 1 is 1.31 bits per heavy atom. The lowest BCUT2D eigenvalue weighted by atomic mass is 10.2. The molecule has 0 heterocycles. The molecule has 0 amide bonds. The van der Waals surface area contributed by atoms with Crippen LogP contribution in [0.5, 0.6) is 0 Å². The minimum absolute atomic E-state index is 0.605. The third-order valence-electron chi connectivity index (χ3n) is 1.99. The van der Waals surface area contributed by atoms with E-state index in [1.807, 2.05) is 11.8 Å². The normalized spacial score (nSPS) is 12.8. The van der Waals surface area contributed by atoms with E-state index in [9.17, 15) is 0 Å².